The van der Waals surface area contributed by atoms with E-state index in [2.05, 4.69) is 38.6 Å². The number of amides is 1. The van der Waals surface area contributed by atoms with Crippen LogP contribution >= 0.6 is 0 Å². The number of hydrogen-bond acceptors (Lipinski definition) is 4. The number of H-pyrrole nitrogens is 1. The van der Waals surface area contributed by atoms with Crippen molar-refractivity contribution < 1.29 is 4.79 Å². The Bertz CT molecular complexity index is 1360. The Morgan fingerprint density at radius 2 is 1.91 bits per heavy atom. The van der Waals surface area contributed by atoms with Gasteiger partial charge >= 0.3 is 0 Å². The van der Waals surface area contributed by atoms with Crippen LogP contribution in [-0.2, 0) is 24.1 Å². The number of rotatable bonds is 6. The molecule has 0 unspecified atom stereocenters. The van der Waals surface area contributed by atoms with Gasteiger partial charge in [0.15, 0.2) is 5.65 Å². The first-order chi connectivity index (χ1) is 16.1. The molecule has 168 valence electrons. The van der Waals surface area contributed by atoms with Gasteiger partial charge in [-0.25, -0.2) is 9.67 Å². The number of hydrogen-bond donors (Lipinski definition) is 2. The molecule has 2 aromatic heterocycles. The first-order valence-corrected chi connectivity index (χ1v) is 11.5. The molecule has 33 heavy (non-hydrogen) atoms. The van der Waals surface area contributed by atoms with Crippen LogP contribution in [0.5, 0.6) is 0 Å². The molecule has 7 heteroatoms. The molecule has 0 saturated carbocycles. The number of fused-ring (bicyclic) bond motifs is 2. The Labute approximate surface area is 191 Å². The predicted molar refractivity (Wildman–Crippen MR) is 127 cm³/mol. The number of nitrogens with one attached hydrogen (secondary N) is 2. The van der Waals surface area contributed by atoms with Crippen LogP contribution in [0.4, 0.5) is 0 Å². The highest BCUT2D eigenvalue weighted by molar-refractivity contribution is 5.77. The largest absolute Gasteiger partial charge is 0.350 e. The molecule has 2 aromatic carbocycles. The Kier molecular flexibility index (Phi) is 5.77. The molecule has 0 radical (unpaired) electrons. The molecule has 0 spiro atoms. The van der Waals surface area contributed by atoms with E-state index < -0.39 is 0 Å². The minimum atomic E-state index is -0.250. The van der Waals surface area contributed by atoms with Gasteiger partial charge < -0.3 is 10.3 Å². The lowest BCUT2D eigenvalue weighted by Gasteiger charge is -2.20. The van der Waals surface area contributed by atoms with Gasteiger partial charge in [0.05, 0.1) is 17.9 Å². The van der Waals surface area contributed by atoms with E-state index in [1.54, 1.807) is 4.68 Å². The number of aromatic nitrogens is 4. The highest BCUT2D eigenvalue weighted by atomic mass is 16.1. The molecule has 2 N–H and O–H groups in total. The lowest BCUT2D eigenvalue weighted by atomic mass is 9.89. The quantitative estimate of drug-likeness (QED) is 0.476. The van der Waals surface area contributed by atoms with Crippen molar-refractivity contribution in [1.29, 1.82) is 0 Å². The highest BCUT2D eigenvalue weighted by Gasteiger charge is 2.16. The summed E-state index contributed by atoms with van der Waals surface area (Å²) in [6, 6.07) is 16.0. The van der Waals surface area contributed by atoms with Gasteiger partial charge in [-0.1, -0.05) is 36.4 Å². The molecule has 0 saturated heterocycles. The molecule has 0 bridgehead atoms. The third-order valence-electron chi connectivity index (χ3n) is 6.33. The molecule has 0 fully saturated rings. The summed E-state index contributed by atoms with van der Waals surface area (Å²) in [4.78, 5) is 32.5. The number of carbonyl (C=O) groups is 1. The summed E-state index contributed by atoms with van der Waals surface area (Å²) >= 11 is 0. The average Bonchev–Trinajstić information content (AvgIpc) is 3.27. The molecule has 5 rings (SSSR count). The summed E-state index contributed by atoms with van der Waals surface area (Å²) in [5, 5.41) is 7.83. The third kappa shape index (κ3) is 4.44. The Hall–Kier alpha value is -3.74. The van der Waals surface area contributed by atoms with Crippen LogP contribution in [0, 0.1) is 0 Å². The zero-order chi connectivity index (χ0) is 22.8. The number of nitrogens with zero attached hydrogens (tertiary/aromatic N) is 3. The van der Waals surface area contributed by atoms with Gasteiger partial charge in [0.1, 0.15) is 11.2 Å². The second kappa shape index (κ2) is 9.02. The van der Waals surface area contributed by atoms with Crippen LogP contribution < -0.4 is 10.9 Å². The van der Waals surface area contributed by atoms with Gasteiger partial charge in [-0.3, -0.25) is 9.59 Å². The van der Waals surface area contributed by atoms with Gasteiger partial charge in [-0.2, -0.15) is 5.10 Å². The van der Waals surface area contributed by atoms with E-state index in [1.807, 2.05) is 37.3 Å². The number of para-hydroxylation sites is 1. The second-order valence-corrected chi connectivity index (χ2v) is 8.67. The molecule has 7 nitrogen and oxygen atoms in total. The number of aryl methyl sites for hydroxylation is 3. The smallest absolute Gasteiger partial charge is 0.262 e. The maximum atomic E-state index is 12.6. The van der Waals surface area contributed by atoms with Crippen LogP contribution in [0.2, 0.25) is 0 Å². The molecule has 0 aliphatic heterocycles. The first-order valence-electron chi connectivity index (χ1n) is 11.5. The number of aromatic amines is 1. The van der Waals surface area contributed by atoms with Crippen molar-refractivity contribution >= 4 is 16.9 Å². The van der Waals surface area contributed by atoms with Crippen molar-refractivity contribution in [2.24, 2.45) is 0 Å². The fourth-order valence-corrected chi connectivity index (χ4v) is 4.49. The monoisotopic (exact) mass is 441 g/mol. The fourth-order valence-electron chi connectivity index (χ4n) is 4.49. The Balaban J connectivity index is 1.27. The summed E-state index contributed by atoms with van der Waals surface area (Å²) in [5.74, 6) is 0.404. The third-order valence-corrected chi connectivity index (χ3v) is 6.33. The lowest BCUT2D eigenvalue weighted by molar-refractivity contribution is -0.121. The van der Waals surface area contributed by atoms with Crippen molar-refractivity contribution in [2.45, 2.75) is 51.5 Å². The van der Waals surface area contributed by atoms with Crippen molar-refractivity contribution in [3.8, 4) is 5.69 Å². The highest BCUT2D eigenvalue weighted by Crippen LogP contribution is 2.25. The van der Waals surface area contributed by atoms with Crippen molar-refractivity contribution in [3.05, 3.63) is 87.6 Å². The summed E-state index contributed by atoms with van der Waals surface area (Å²) in [6.45, 7) is 2.01. The summed E-state index contributed by atoms with van der Waals surface area (Å²) in [7, 11) is 0. The van der Waals surface area contributed by atoms with Gasteiger partial charge in [0.25, 0.3) is 5.56 Å². The van der Waals surface area contributed by atoms with Crippen molar-refractivity contribution in [2.75, 3.05) is 0 Å². The molecule has 2 heterocycles. The average molecular weight is 442 g/mol. The fraction of sp³-hybridized carbons (Fsp3) is 0.308. The molecule has 1 atom stereocenters. The normalized spacial score (nSPS) is 14.1. The zero-order valence-corrected chi connectivity index (χ0v) is 18.7. The maximum absolute atomic E-state index is 12.6. The van der Waals surface area contributed by atoms with Crippen LogP contribution in [-0.4, -0.2) is 25.7 Å². The molecule has 4 aromatic rings. The van der Waals surface area contributed by atoms with Crippen LogP contribution in [0.15, 0.2) is 59.5 Å². The van der Waals surface area contributed by atoms with Crippen LogP contribution in [0.3, 0.4) is 0 Å². The number of carbonyl (C=O) groups excluding carboxylic acids is 1. The Morgan fingerprint density at radius 1 is 1.12 bits per heavy atom. The SMILES string of the molecule is C[C@H](NC(=O)CCc1nc2c(cnn2-c2ccccc2)c(=O)[nH]1)c1ccc2c(c1)CCCC2. The van der Waals surface area contributed by atoms with E-state index in [0.29, 0.717) is 23.3 Å². The van der Waals surface area contributed by atoms with Gasteiger partial charge in [-0.05, 0) is 61.4 Å². The van der Waals surface area contributed by atoms with Crippen LogP contribution in [0.25, 0.3) is 16.7 Å². The van der Waals surface area contributed by atoms with Gasteiger partial charge in [0, 0.05) is 12.8 Å². The summed E-state index contributed by atoms with van der Waals surface area (Å²) in [6.07, 6.45) is 6.85. The van der Waals surface area contributed by atoms with Crippen LogP contribution in [0.1, 0.15) is 54.7 Å². The zero-order valence-electron chi connectivity index (χ0n) is 18.7. The topological polar surface area (TPSA) is 92.7 Å². The van der Waals surface area contributed by atoms with Crippen molar-refractivity contribution in [1.82, 2.24) is 25.1 Å². The molecular weight excluding hydrogens is 414 g/mol. The minimum Gasteiger partial charge on any atom is -0.350 e. The van der Waals surface area contributed by atoms with E-state index in [4.69, 9.17) is 0 Å². The summed E-state index contributed by atoms with van der Waals surface area (Å²) in [5.41, 5.74) is 5.04. The van der Waals surface area contributed by atoms with E-state index in [-0.39, 0.29) is 23.9 Å². The minimum absolute atomic E-state index is 0.0699. The summed E-state index contributed by atoms with van der Waals surface area (Å²) < 4.78 is 1.65. The van der Waals surface area contributed by atoms with Gasteiger partial charge in [0.2, 0.25) is 5.91 Å². The Morgan fingerprint density at radius 3 is 2.73 bits per heavy atom. The van der Waals surface area contributed by atoms with Crippen molar-refractivity contribution in [3.63, 3.8) is 0 Å². The molecule has 1 amide bonds. The van der Waals surface area contributed by atoms with E-state index in [1.165, 1.54) is 30.2 Å². The second-order valence-electron chi connectivity index (χ2n) is 8.67. The molecule has 1 aliphatic rings. The maximum Gasteiger partial charge on any atom is 0.262 e. The van der Waals surface area contributed by atoms with Gasteiger partial charge in [-0.15, -0.1) is 0 Å². The molecule has 1 aliphatic carbocycles. The standard InChI is InChI=1S/C26H27N5O2/c1-17(19-12-11-18-7-5-6-8-20(18)15-19)28-24(32)14-13-23-29-25-22(26(33)30-23)16-27-31(25)21-9-3-2-4-10-21/h2-4,9-12,15-17H,5-8,13-14H2,1H3,(H,28,32)(H,29,30,33)/t17-/m0/s1. The first kappa shape index (κ1) is 21.1. The van der Waals surface area contributed by atoms with E-state index in [9.17, 15) is 9.59 Å². The number of benzene rings is 2. The lowest BCUT2D eigenvalue weighted by Crippen LogP contribution is -2.27. The van der Waals surface area contributed by atoms with E-state index in [0.717, 1.165) is 24.1 Å². The van der Waals surface area contributed by atoms with E-state index >= 15 is 0 Å². The predicted octanol–water partition coefficient (Wildman–Crippen LogP) is 3.80. The molecular formula is C26H27N5O2.